The molecule has 2 rings (SSSR count). The minimum Gasteiger partial charge on any atom is -0.320 e. The average molecular weight is 291 g/mol. The lowest BCUT2D eigenvalue weighted by Crippen LogP contribution is -2.18. The summed E-state index contributed by atoms with van der Waals surface area (Å²) in [4.78, 5) is 12.4. The number of carbonyl (C=O) groups excluding carboxylic acids is 1. The van der Waals surface area contributed by atoms with Gasteiger partial charge in [-0.15, -0.1) is 0 Å². The van der Waals surface area contributed by atoms with Crippen LogP contribution in [0.4, 0.5) is 10.1 Å². The number of nitrogens with zero attached hydrogens (tertiary/aromatic N) is 4. The Labute approximate surface area is 122 Å². The molecular formula is C14H18FN5O. The Kier molecular flexibility index (Phi) is 4.30. The number of anilines is 1. The van der Waals surface area contributed by atoms with Crippen LogP contribution >= 0.6 is 0 Å². The Morgan fingerprint density at radius 1 is 1.33 bits per heavy atom. The maximum Gasteiger partial charge on any atom is 0.259 e. The molecule has 0 aliphatic heterocycles. The van der Waals surface area contributed by atoms with E-state index in [2.05, 4.69) is 20.6 Å². The predicted octanol–water partition coefficient (Wildman–Crippen LogP) is 2.46. The zero-order valence-corrected chi connectivity index (χ0v) is 12.5. The molecule has 2 aromatic rings. The SMILES string of the molecule is Cc1nn(C(C)C(C)F)c(C)c1C(=O)Nc1ccnnc1. The van der Waals surface area contributed by atoms with E-state index >= 15 is 0 Å². The van der Waals surface area contributed by atoms with E-state index < -0.39 is 12.2 Å². The molecule has 0 saturated heterocycles. The molecule has 6 nitrogen and oxygen atoms in total. The molecule has 21 heavy (non-hydrogen) atoms. The summed E-state index contributed by atoms with van der Waals surface area (Å²) < 4.78 is 15.0. The first kappa shape index (κ1) is 15.1. The highest BCUT2D eigenvalue weighted by molar-refractivity contribution is 6.05. The second kappa shape index (κ2) is 5.99. The fourth-order valence-electron chi connectivity index (χ4n) is 2.14. The van der Waals surface area contributed by atoms with Crippen molar-refractivity contribution in [2.75, 3.05) is 5.32 Å². The van der Waals surface area contributed by atoms with Crippen LogP contribution in [0.3, 0.4) is 0 Å². The zero-order chi connectivity index (χ0) is 15.6. The van der Waals surface area contributed by atoms with Crippen LogP contribution in [0, 0.1) is 13.8 Å². The molecule has 7 heteroatoms. The third kappa shape index (κ3) is 3.07. The van der Waals surface area contributed by atoms with Crippen molar-refractivity contribution in [2.45, 2.75) is 39.9 Å². The van der Waals surface area contributed by atoms with Crippen molar-refractivity contribution < 1.29 is 9.18 Å². The van der Waals surface area contributed by atoms with E-state index in [4.69, 9.17) is 0 Å². The summed E-state index contributed by atoms with van der Waals surface area (Å²) in [6, 6.07) is 1.22. The van der Waals surface area contributed by atoms with Gasteiger partial charge in [0.15, 0.2) is 0 Å². The van der Waals surface area contributed by atoms with Gasteiger partial charge in [-0.05, 0) is 33.8 Å². The number of carbonyl (C=O) groups is 1. The Hall–Kier alpha value is -2.31. The number of aryl methyl sites for hydroxylation is 1. The molecule has 0 fully saturated rings. The molecular weight excluding hydrogens is 273 g/mol. The molecule has 2 heterocycles. The lowest BCUT2D eigenvalue weighted by Gasteiger charge is -2.15. The standard InChI is InChI=1S/C14H18FN5O/c1-8(15)10(3)20-11(4)13(9(2)19-20)14(21)18-12-5-6-16-17-7-12/h5-8,10H,1-4H3,(H,16,18,21). The van der Waals surface area contributed by atoms with Gasteiger partial charge in [0.2, 0.25) is 0 Å². The summed E-state index contributed by atoms with van der Waals surface area (Å²) in [5, 5.41) is 14.4. The normalized spacial score (nSPS) is 13.8. The van der Waals surface area contributed by atoms with Crippen molar-refractivity contribution in [1.29, 1.82) is 0 Å². The van der Waals surface area contributed by atoms with Crippen molar-refractivity contribution in [3.63, 3.8) is 0 Å². The minimum atomic E-state index is -1.05. The van der Waals surface area contributed by atoms with Crippen LogP contribution in [0.25, 0.3) is 0 Å². The molecule has 0 aromatic carbocycles. The van der Waals surface area contributed by atoms with Crippen LogP contribution < -0.4 is 5.32 Å². The number of nitrogens with one attached hydrogen (secondary N) is 1. The van der Waals surface area contributed by atoms with Crippen LogP contribution in [-0.4, -0.2) is 32.1 Å². The van der Waals surface area contributed by atoms with Crippen LogP contribution in [0.1, 0.15) is 41.6 Å². The van der Waals surface area contributed by atoms with Gasteiger partial charge in [-0.2, -0.15) is 15.3 Å². The Morgan fingerprint density at radius 3 is 2.62 bits per heavy atom. The molecule has 0 bridgehead atoms. The highest BCUT2D eigenvalue weighted by atomic mass is 19.1. The van der Waals surface area contributed by atoms with Crippen LogP contribution in [-0.2, 0) is 0 Å². The molecule has 0 saturated carbocycles. The number of hydrogen-bond acceptors (Lipinski definition) is 4. The molecule has 0 radical (unpaired) electrons. The second-order valence-corrected chi connectivity index (χ2v) is 4.99. The van der Waals surface area contributed by atoms with E-state index in [-0.39, 0.29) is 5.91 Å². The number of halogens is 1. The summed E-state index contributed by atoms with van der Waals surface area (Å²) in [6.45, 7) is 6.71. The van der Waals surface area contributed by atoms with Gasteiger partial charge in [-0.3, -0.25) is 9.48 Å². The van der Waals surface area contributed by atoms with Gasteiger partial charge in [0.1, 0.15) is 6.17 Å². The van der Waals surface area contributed by atoms with Gasteiger partial charge >= 0.3 is 0 Å². The molecule has 1 N–H and O–H groups in total. The summed E-state index contributed by atoms with van der Waals surface area (Å²) in [7, 11) is 0. The minimum absolute atomic E-state index is 0.289. The molecule has 0 spiro atoms. The first-order valence-corrected chi connectivity index (χ1v) is 6.69. The fraction of sp³-hybridized carbons (Fsp3) is 0.429. The number of amides is 1. The van der Waals surface area contributed by atoms with Gasteiger partial charge in [0.05, 0.1) is 35.4 Å². The maximum absolute atomic E-state index is 13.5. The second-order valence-electron chi connectivity index (χ2n) is 4.99. The smallest absolute Gasteiger partial charge is 0.259 e. The number of aromatic nitrogens is 4. The lowest BCUT2D eigenvalue weighted by atomic mass is 10.1. The topological polar surface area (TPSA) is 72.7 Å². The van der Waals surface area contributed by atoms with Crippen molar-refractivity contribution in [2.24, 2.45) is 0 Å². The van der Waals surface area contributed by atoms with Crippen molar-refractivity contribution in [3.8, 4) is 0 Å². The lowest BCUT2D eigenvalue weighted by molar-refractivity contribution is 0.102. The van der Waals surface area contributed by atoms with E-state index in [1.807, 2.05) is 0 Å². The predicted molar refractivity (Wildman–Crippen MR) is 77.0 cm³/mol. The molecule has 112 valence electrons. The van der Waals surface area contributed by atoms with Crippen LogP contribution in [0.15, 0.2) is 18.5 Å². The highest BCUT2D eigenvalue weighted by Gasteiger charge is 2.23. The Morgan fingerprint density at radius 2 is 2.05 bits per heavy atom. The van der Waals surface area contributed by atoms with E-state index in [9.17, 15) is 9.18 Å². The molecule has 2 atom stereocenters. The monoisotopic (exact) mass is 291 g/mol. The average Bonchev–Trinajstić information content (AvgIpc) is 2.74. The summed E-state index contributed by atoms with van der Waals surface area (Å²) >= 11 is 0. The molecule has 1 amide bonds. The van der Waals surface area contributed by atoms with Crippen molar-refractivity contribution in [1.82, 2.24) is 20.0 Å². The summed E-state index contributed by atoms with van der Waals surface area (Å²) in [5.41, 5.74) is 2.22. The van der Waals surface area contributed by atoms with E-state index in [1.165, 1.54) is 19.3 Å². The third-order valence-electron chi connectivity index (χ3n) is 3.44. The molecule has 2 unspecified atom stereocenters. The van der Waals surface area contributed by atoms with Crippen LogP contribution in [0.5, 0.6) is 0 Å². The highest BCUT2D eigenvalue weighted by Crippen LogP contribution is 2.21. The van der Waals surface area contributed by atoms with Gasteiger partial charge in [0, 0.05) is 5.69 Å². The number of alkyl halides is 1. The third-order valence-corrected chi connectivity index (χ3v) is 3.44. The Bertz CT molecular complexity index is 638. The van der Waals surface area contributed by atoms with Gasteiger partial charge in [-0.25, -0.2) is 4.39 Å². The van der Waals surface area contributed by atoms with E-state index in [0.29, 0.717) is 22.6 Å². The fourth-order valence-corrected chi connectivity index (χ4v) is 2.14. The van der Waals surface area contributed by atoms with Crippen LogP contribution in [0.2, 0.25) is 0 Å². The van der Waals surface area contributed by atoms with Crippen molar-refractivity contribution >= 4 is 11.6 Å². The Balaban J connectivity index is 2.30. The van der Waals surface area contributed by atoms with Gasteiger partial charge < -0.3 is 5.32 Å². The molecule has 2 aromatic heterocycles. The number of hydrogen-bond donors (Lipinski definition) is 1. The van der Waals surface area contributed by atoms with Gasteiger partial charge in [0.25, 0.3) is 5.91 Å². The van der Waals surface area contributed by atoms with Crippen molar-refractivity contribution in [3.05, 3.63) is 35.4 Å². The quantitative estimate of drug-likeness (QED) is 0.939. The number of rotatable bonds is 4. The summed E-state index contributed by atoms with van der Waals surface area (Å²) in [5.74, 6) is -0.289. The van der Waals surface area contributed by atoms with E-state index in [1.54, 1.807) is 31.5 Å². The summed E-state index contributed by atoms with van der Waals surface area (Å²) in [6.07, 6.45) is 1.90. The van der Waals surface area contributed by atoms with E-state index in [0.717, 1.165) is 0 Å². The maximum atomic E-state index is 13.5. The largest absolute Gasteiger partial charge is 0.320 e. The first-order valence-electron chi connectivity index (χ1n) is 6.69. The van der Waals surface area contributed by atoms with Gasteiger partial charge in [-0.1, -0.05) is 0 Å². The molecule has 0 aliphatic rings. The zero-order valence-electron chi connectivity index (χ0n) is 12.5. The first-order chi connectivity index (χ1) is 9.91. The molecule has 0 aliphatic carbocycles.